The summed E-state index contributed by atoms with van der Waals surface area (Å²) in [5, 5.41) is 12.7. The molecule has 0 unspecified atom stereocenters. The number of nitrogens with zero attached hydrogens (tertiary/aromatic N) is 2. The second-order valence-electron chi connectivity index (χ2n) is 6.42. The normalized spacial score (nSPS) is 10.4. The minimum Gasteiger partial charge on any atom is -0.484 e. The number of hydrogen-bond donors (Lipinski definition) is 1. The van der Waals surface area contributed by atoms with Crippen LogP contribution in [0.4, 0.5) is 5.69 Å². The van der Waals surface area contributed by atoms with E-state index in [1.807, 2.05) is 48.5 Å². The van der Waals surface area contributed by atoms with Crippen LogP contribution in [-0.2, 0) is 11.2 Å². The molecule has 1 amide bonds. The van der Waals surface area contributed by atoms with Gasteiger partial charge in [0.2, 0.25) is 0 Å². The fraction of sp³-hybridized carbons (Fsp3) is 0.0870. The van der Waals surface area contributed by atoms with Gasteiger partial charge in [-0.05, 0) is 54.1 Å². The van der Waals surface area contributed by atoms with Gasteiger partial charge in [0, 0.05) is 12.1 Å². The van der Waals surface area contributed by atoms with Crippen molar-refractivity contribution in [3.05, 3.63) is 88.9 Å². The van der Waals surface area contributed by atoms with Gasteiger partial charge >= 0.3 is 0 Å². The molecule has 1 aromatic heterocycles. The minimum absolute atomic E-state index is 0.0979. The third-order valence-corrected chi connectivity index (χ3v) is 5.32. The van der Waals surface area contributed by atoms with Gasteiger partial charge < -0.3 is 10.1 Å². The highest BCUT2D eigenvalue weighted by Gasteiger charge is 2.07. The van der Waals surface area contributed by atoms with Crippen molar-refractivity contribution in [2.45, 2.75) is 6.42 Å². The fourth-order valence-corrected chi connectivity index (χ4v) is 3.85. The van der Waals surface area contributed by atoms with Gasteiger partial charge in [0.05, 0.1) is 26.9 Å². The van der Waals surface area contributed by atoms with Crippen LogP contribution < -0.4 is 10.1 Å². The van der Waals surface area contributed by atoms with Crippen LogP contribution >= 0.6 is 11.3 Å². The van der Waals surface area contributed by atoms with Crippen molar-refractivity contribution in [1.29, 1.82) is 5.26 Å². The van der Waals surface area contributed by atoms with E-state index in [9.17, 15) is 4.79 Å². The largest absolute Gasteiger partial charge is 0.484 e. The van der Waals surface area contributed by atoms with Gasteiger partial charge in [0.1, 0.15) is 5.75 Å². The summed E-state index contributed by atoms with van der Waals surface area (Å²) in [5.74, 6) is 0.304. The third-order valence-electron chi connectivity index (χ3n) is 4.28. The predicted octanol–water partition coefficient (Wildman–Crippen LogP) is 4.78. The summed E-state index contributed by atoms with van der Waals surface area (Å²) in [4.78, 5) is 16.7. The first-order chi connectivity index (χ1) is 14.2. The van der Waals surface area contributed by atoms with E-state index < -0.39 is 0 Å². The number of rotatable bonds is 6. The van der Waals surface area contributed by atoms with Crippen molar-refractivity contribution in [2.24, 2.45) is 0 Å². The molecule has 0 atom stereocenters. The summed E-state index contributed by atoms with van der Waals surface area (Å²) < 4.78 is 6.63. The first-order valence-corrected chi connectivity index (χ1v) is 9.87. The van der Waals surface area contributed by atoms with Crippen molar-refractivity contribution in [2.75, 3.05) is 11.9 Å². The molecule has 6 heteroatoms. The average Bonchev–Trinajstić information content (AvgIpc) is 3.16. The average molecular weight is 399 g/mol. The molecular weight excluding hydrogens is 382 g/mol. The van der Waals surface area contributed by atoms with E-state index in [2.05, 4.69) is 16.4 Å². The van der Waals surface area contributed by atoms with Crippen LogP contribution in [0.1, 0.15) is 16.1 Å². The lowest BCUT2D eigenvalue weighted by atomic mass is 10.1. The van der Waals surface area contributed by atoms with Crippen LogP contribution in [0.15, 0.2) is 72.8 Å². The third kappa shape index (κ3) is 4.78. The molecule has 1 heterocycles. The molecule has 5 nitrogen and oxygen atoms in total. The molecule has 1 N–H and O–H groups in total. The van der Waals surface area contributed by atoms with Gasteiger partial charge in [-0.25, -0.2) is 4.98 Å². The van der Waals surface area contributed by atoms with Gasteiger partial charge in [0.25, 0.3) is 5.91 Å². The van der Waals surface area contributed by atoms with E-state index >= 15 is 0 Å². The van der Waals surface area contributed by atoms with E-state index in [0.29, 0.717) is 17.0 Å². The van der Waals surface area contributed by atoms with Gasteiger partial charge in [0.15, 0.2) is 6.61 Å². The summed E-state index contributed by atoms with van der Waals surface area (Å²) in [7, 11) is 0. The summed E-state index contributed by atoms with van der Waals surface area (Å²) in [5.41, 5.74) is 3.42. The number of hydrogen-bond acceptors (Lipinski definition) is 5. The number of anilines is 1. The SMILES string of the molecule is N#Cc1ccc(OCC(=O)Nc2ccc(Cc3nc4ccccc4s3)cc2)cc1. The number of ether oxygens (including phenoxy) is 1. The smallest absolute Gasteiger partial charge is 0.262 e. The Morgan fingerprint density at radius 1 is 1.03 bits per heavy atom. The zero-order chi connectivity index (χ0) is 20.1. The summed E-state index contributed by atoms with van der Waals surface area (Å²) in [6.45, 7) is -0.0979. The van der Waals surface area contributed by atoms with E-state index in [4.69, 9.17) is 10.00 Å². The van der Waals surface area contributed by atoms with Gasteiger partial charge in [-0.2, -0.15) is 5.26 Å². The first-order valence-electron chi connectivity index (χ1n) is 9.06. The van der Waals surface area contributed by atoms with E-state index in [0.717, 1.165) is 22.5 Å². The minimum atomic E-state index is -0.242. The van der Waals surface area contributed by atoms with Crippen LogP contribution in [0.5, 0.6) is 5.75 Å². The maximum Gasteiger partial charge on any atom is 0.262 e. The number of benzene rings is 3. The molecule has 0 fully saturated rings. The lowest BCUT2D eigenvalue weighted by Gasteiger charge is -2.08. The first kappa shape index (κ1) is 18.7. The number of thiazole rings is 1. The molecule has 0 bridgehead atoms. The molecule has 4 aromatic rings. The second kappa shape index (κ2) is 8.55. The number of nitrogens with one attached hydrogen (secondary N) is 1. The molecule has 0 spiro atoms. The highest BCUT2D eigenvalue weighted by molar-refractivity contribution is 7.18. The topological polar surface area (TPSA) is 75.0 Å². The van der Waals surface area contributed by atoms with Gasteiger partial charge in [-0.3, -0.25) is 4.79 Å². The highest BCUT2D eigenvalue weighted by atomic mass is 32.1. The summed E-state index contributed by atoms with van der Waals surface area (Å²) in [6.07, 6.45) is 0.759. The molecule has 0 aliphatic rings. The molecule has 29 heavy (non-hydrogen) atoms. The number of fused-ring (bicyclic) bond motifs is 1. The predicted molar refractivity (Wildman–Crippen MR) is 114 cm³/mol. The number of carbonyl (C=O) groups excluding carboxylic acids is 1. The second-order valence-corrected chi connectivity index (χ2v) is 7.54. The quantitative estimate of drug-likeness (QED) is 0.506. The summed E-state index contributed by atoms with van der Waals surface area (Å²) in [6, 6.07) is 24.5. The molecule has 0 saturated heterocycles. The number of para-hydroxylation sites is 1. The fourth-order valence-electron chi connectivity index (χ4n) is 2.85. The Kier molecular flexibility index (Phi) is 5.50. The standard InChI is InChI=1S/C23H17N3O2S/c24-14-17-7-11-19(12-8-17)28-15-22(27)25-18-9-5-16(6-10-18)13-23-26-20-3-1-2-4-21(20)29-23/h1-12H,13,15H2,(H,25,27). The summed E-state index contributed by atoms with van der Waals surface area (Å²) >= 11 is 1.70. The zero-order valence-electron chi connectivity index (χ0n) is 15.5. The van der Waals surface area contributed by atoms with Crippen molar-refractivity contribution in [3.63, 3.8) is 0 Å². The Hall–Kier alpha value is -3.69. The monoisotopic (exact) mass is 399 g/mol. The number of carbonyl (C=O) groups is 1. The maximum atomic E-state index is 12.1. The zero-order valence-corrected chi connectivity index (χ0v) is 16.3. The van der Waals surface area contributed by atoms with Crippen LogP contribution in [0, 0.1) is 11.3 Å². The van der Waals surface area contributed by atoms with Crippen molar-refractivity contribution in [3.8, 4) is 11.8 Å². The maximum absolute atomic E-state index is 12.1. The number of nitriles is 1. The molecule has 0 saturated carbocycles. The highest BCUT2D eigenvalue weighted by Crippen LogP contribution is 2.24. The van der Waals surface area contributed by atoms with Gasteiger partial charge in [-0.15, -0.1) is 11.3 Å². The van der Waals surface area contributed by atoms with Crippen LogP contribution in [0.3, 0.4) is 0 Å². The Morgan fingerprint density at radius 3 is 2.52 bits per heavy atom. The Balaban J connectivity index is 1.31. The Morgan fingerprint density at radius 2 is 1.79 bits per heavy atom. The van der Waals surface area contributed by atoms with Crippen molar-refractivity contribution < 1.29 is 9.53 Å². The van der Waals surface area contributed by atoms with Gasteiger partial charge in [-0.1, -0.05) is 24.3 Å². The van der Waals surface area contributed by atoms with Crippen molar-refractivity contribution >= 4 is 33.1 Å². The Bertz CT molecular complexity index is 1140. The number of aromatic nitrogens is 1. The molecule has 0 radical (unpaired) electrons. The lowest BCUT2D eigenvalue weighted by molar-refractivity contribution is -0.118. The molecule has 0 aliphatic heterocycles. The molecule has 3 aromatic carbocycles. The molecular formula is C23H17N3O2S. The molecule has 142 valence electrons. The van der Waals surface area contributed by atoms with Crippen LogP contribution in [0.25, 0.3) is 10.2 Å². The van der Waals surface area contributed by atoms with Crippen LogP contribution in [-0.4, -0.2) is 17.5 Å². The molecule has 4 rings (SSSR count). The Labute approximate surface area is 172 Å². The number of amides is 1. The van der Waals surface area contributed by atoms with Crippen LogP contribution in [0.2, 0.25) is 0 Å². The van der Waals surface area contributed by atoms with Crippen molar-refractivity contribution in [1.82, 2.24) is 4.98 Å². The van der Waals surface area contributed by atoms with E-state index in [1.54, 1.807) is 35.6 Å². The van der Waals surface area contributed by atoms with E-state index in [1.165, 1.54) is 4.70 Å². The lowest BCUT2D eigenvalue weighted by Crippen LogP contribution is -2.20. The van der Waals surface area contributed by atoms with E-state index in [-0.39, 0.29) is 12.5 Å². The molecule has 0 aliphatic carbocycles.